The monoisotopic (exact) mass is 362 g/mol. The van der Waals surface area contributed by atoms with E-state index in [2.05, 4.69) is 5.32 Å². The minimum atomic E-state index is -0.348. The van der Waals surface area contributed by atoms with Crippen LogP contribution in [0.4, 0.5) is 11.4 Å². The number of carbonyl (C=O) groups excluding carboxylic acids is 2. The largest absolute Gasteiger partial charge is 0.482 e. The molecule has 2 amide bonds. The van der Waals surface area contributed by atoms with Crippen LogP contribution in [0.15, 0.2) is 71.3 Å². The molecule has 0 unspecified atom stereocenters. The molecule has 4 rings (SSSR count). The molecule has 0 aliphatic carbocycles. The smallest absolute Gasteiger partial charge is 0.291 e. The van der Waals surface area contributed by atoms with Gasteiger partial charge in [0, 0.05) is 12.2 Å². The lowest BCUT2D eigenvalue weighted by Gasteiger charge is -2.30. The van der Waals surface area contributed by atoms with E-state index in [0.29, 0.717) is 23.7 Å². The van der Waals surface area contributed by atoms with Crippen molar-refractivity contribution < 1.29 is 18.7 Å². The maximum atomic E-state index is 12.4. The van der Waals surface area contributed by atoms with Crippen molar-refractivity contribution in [2.45, 2.75) is 6.42 Å². The summed E-state index contributed by atoms with van der Waals surface area (Å²) in [5.74, 6) is 0.395. The molecule has 6 heteroatoms. The molecule has 0 saturated heterocycles. The number of hydrogen-bond donors (Lipinski definition) is 1. The summed E-state index contributed by atoms with van der Waals surface area (Å²) in [6.07, 6.45) is 2.18. The number of nitrogens with one attached hydrogen (secondary N) is 1. The predicted octanol–water partition coefficient (Wildman–Crippen LogP) is 3.50. The third kappa shape index (κ3) is 3.69. The summed E-state index contributed by atoms with van der Waals surface area (Å²) in [5.41, 5.74) is 2.37. The summed E-state index contributed by atoms with van der Waals surface area (Å²) >= 11 is 0. The Balaban J connectivity index is 1.54. The van der Waals surface area contributed by atoms with Gasteiger partial charge in [-0.1, -0.05) is 30.3 Å². The highest BCUT2D eigenvalue weighted by atomic mass is 16.5. The van der Waals surface area contributed by atoms with E-state index in [1.807, 2.05) is 30.3 Å². The van der Waals surface area contributed by atoms with E-state index < -0.39 is 0 Å². The van der Waals surface area contributed by atoms with Gasteiger partial charge in [-0.3, -0.25) is 9.59 Å². The Morgan fingerprint density at radius 1 is 1.07 bits per heavy atom. The number of amides is 2. The number of nitrogens with zero attached hydrogens (tertiary/aromatic N) is 1. The second-order valence-corrected chi connectivity index (χ2v) is 6.18. The number of fused-ring (bicyclic) bond motifs is 1. The van der Waals surface area contributed by atoms with Gasteiger partial charge in [-0.25, -0.2) is 0 Å². The van der Waals surface area contributed by atoms with Crippen molar-refractivity contribution in [1.82, 2.24) is 0 Å². The summed E-state index contributed by atoms with van der Waals surface area (Å²) in [6, 6.07) is 18.5. The van der Waals surface area contributed by atoms with Gasteiger partial charge in [0.1, 0.15) is 5.75 Å². The molecule has 1 aliphatic heterocycles. The highest BCUT2D eigenvalue weighted by Gasteiger charge is 2.26. The zero-order chi connectivity index (χ0) is 18.6. The van der Waals surface area contributed by atoms with E-state index in [9.17, 15) is 9.59 Å². The van der Waals surface area contributed by atoms with Gasteiger partial charge >= 0.3 is 0 Å². The minimum Gasteiger partial charge on any atom is -0.482 e. The van der Waals surface area contributed by atoms with Crippen LogP contribution in [0.25, 0.3) is 0 Å². The van der Waals surface area contributed by atoms with E-state index in [0.717, 1.165) is 12.0 Å². The average Bonchev–Trinajstić information content (AvgIpc) is 3.23. The van der Waals surface area contributed by atoms with Gasteiger partial charge in [0.15, 0.2) is 12.4 Å². The van der Waals surface area contributed by atoms with Crippen molar-refractivity contribution in [1.29, 1.82) is 0 Å². The van der Waals surface area contributed by atoms with E-state index in [1.165, 1.54) is 6.26 Å². The summed E-state index contributed by atoms with van der Waals surface area (Å²) in [4.78, 5) is 26.3. The number of carbonyl (C=O) groups is 2. The molecule has 0 saturated carbocycles. The van der Waals surface area contributed by atoms with Gasteiger partial charge in [0.25, 0.3) is 11.8 Å². The maximum absolute atomic E-state index is 12.4. The fourth-order valence-corrected chi connectivity index (χ4v) is 3.01. The molecule has 6 nitrogen and oxygen atoms in total. The highest BCUT2D eigenvalue weighted by molar-refractivity contribution is 6.03. The zero-order valence-corrected chi connectivity index (χ0v) is 14.6. The van der Waals surface area contributed by atoms with Crippen LogP contribution in [-0.4, -0.2) is 25.0 Å². The fourth-order valence-electron chi connectivity index (χ4n) is 3.01. The van der Waals surface area contributed by atoms with Crippen molar-refractivity contribution >= 4 is 23.2 Å². The van der Waals surface area contributed by atoms with Crippen molar-refractivity contribution in [3.05, 3.63) is 78.3 Å². The van der Waals surface area contributed by atoms with Gasteiger partial charge in [0.05, 0.1) is 12.0 Å². The number of rotatable bonds is 5. The quantitative estimate of drug-likeness (QED) is 0.754. The van der Waals surface area contributed by atoms with Crippen LogP contribution >= 0.6 is 0 Å². The van der Waals surface area contributed by atoms with Crippen molar-refractivity contribution in [3.63, 3.8) is 0 Å². The van der Waals surface area contributed by atoms with Gasteiger partial charge in [-0.2, -0.15) is 0 Å². The number of furan rings is 1. The molecule has 0 radical (unpaired) electrons. The molecule has 27 heavy (non-hydrogen) atoms. The normalized spacial score (nSPS) is 13.0. The molecule has 3 aromatic rings. The lowest BCUT2D eigenvalue weighted by atomic mass is 10.1. The average molecular weight is 362 g/mol. The number of hydrogen-bond acceptors (Lipinski definition) is 4. The molecule has 0 fully saturated rings. The Hall–Kier alpha value is -3.54. The Kier molecular flexibility index (Phi) is 4.61. The Labute approximate surface area is 156 Å². The summed E-state index contributed by atoms with van der Waals surface area (Å²) in [7, 11) is 0. The summed E-state index contributed by atoms with van der Waals surface area (Å²) < 4.78 is 10.6. The van der Waals surface area contributed by atoms with Crippen LogP contribution in [0.2, 0.25) is 0 Å². The Morgan fingerprint density at radius 3 is 2.70 bits per heavy atom. The van der Waals surface area contributed by atoms with Crippen LogP contribution < -0.4 is 15.0 Å². The van der Waals surface area contributed by atoms with E-state index >= 15 is 0 Å². The predicted molar refractivity (Wildman–Crippen MR) is 101 cm³/mol. The maximum Gasteiger partial charge on any atom is 0.291 e. The van der Waals surface area contributed by atoms with Gasteiger partial charge in [-0.15, -0.1) is 0 Å². The van der Waals surface area contributed by atoms with Crippen LogP contribution in [0, 0.1) is 0 Å². The molecule has 2 aromatic carbocycles. The fraction of sp³-hybridized carbons (Fsp3) is 0.143. The van der Waals surface area contributed by atoms with Crippen molar-refractivity contribution in [3.8, 4) is 5.75 Å². The third-order valence-corrected chi connectivity index (χ3v) is 4.37. The standard InChI is InChI=1S/C21H18N2O4/c24-20-14-27-18-9-8-16(22-21(25)19-7-4-12-26-19)13-17(18)23(20)11-10-15-5-2-1-3-6-15/h1-9,12-13H,10-11,14H2,(H,22,25). The van der Waals surface area contributed by atoms with Gasteiger partial charge in [0.2, 0.25) is 0 Å². The molecular weight excluding hydrogens is 344 g/mol. The molecule has 1 N–H and O–H groups in total. The zero-order valence-electron chi connectivity index (χ0n) is 14.6. The molecule has 2 heterocycles. The van der Waals surface area contributed by atoms with Crippen LogP contribution in [0.3, 0.4) is 0 Å². The van der Waals surface area contributed by atoms with E-state index in [1.54, 1.807) is 35.2 Å². The topological polar surface area (TPSA) is 71.8 Å². The number of benzene rings is 2. The first-order valence-corrected chi connectivity index (χ1v) is 8.67. The van der Waals surface area contributed by atoms with Gasteiger partial charge < -0.3 is 19.4 Å². The highest BCUT2D eigenvalue weighted by Crippen LogP contribution is 2.34. The second-order valence-electron chi connectivity index (χ2n) is 6.18. The molecule has 0 bridgehead atoms. The molecule has 0 atom stereocenters. The Morgan fingerprint density at radius 2 is 1.93 bits per heavy atom. The molecule has 1 aliphatic rings. The molecular formula is C21H18N2O4. The van der Waals surface area contributed by atoms with Gasteiger partial charge in [-0.05, 0) is 42.3 Å². The molecule has 0 spiro atoms. The number of anilines is 2. The van der Waals surface area contributed by atoms with E-state index in [-0.39, 0.29) is 24.2 Å². The Bertz CT molecular complexity index is 952. The second kappa shape index (κ2) is 7.37. The first-order valence-electron chi connectivity index (χ1n) is 8.67. The SMILES string of the molecule is O=C(Nc1ccc2c(c1)N(CCc1ccccc1)C(=O)CO2)c1ccco1. The van der Waals surface area contributed by atoms with E-state index in [4.69, 9.17) is 9.15 Å². The minimum absolute atomic E-state index is 0.0138. The first kappa shape index (κ1) is 16.9. The lowest BCUT2D eigenvalue weighted by Crippen LogP contribution is -2.40. The van der Waals surface area contributed by atoms with Crippen LogP contribution in [0.1, 0.15) is 16.1 Å². The van der Waals surface area contributed by atoms with Crippen molar-refractivity contribution in [2.24, 2.45) is 0 Å². The lowest BCUT2D eigenvalue weighted by molar-refractivity contribution is -0.121. The van der Waals surface area contributed by atoms with Crippen LogP contribution in [0.5, 0.6) is 5.75 Å². The first-order chi connectivity index (χ1) is 13.2. The van der Waals surface area contributed by atoms with Crippen molar-refractivity contribution in [2.75, 3.05) is 23.4 Å². The molecule has 136 valence electrons. The van der Waals surface area contributed by atoms with Crippen LogP contribution in [-0.2, 0) is 11.2 Å². The summed E-state index contributed by atoms with van der Waals surface area (Å²) in [6.45, 7) is 0.550. The number of ether oxygens (including phenoxy) is 1. The third-order valence-electron chi connectivity index (χ3n) is 4.37. The summed E-state index contributed by atoms with van der Waals surface area (Å²) in [5, 5.41) is 2.78. The molecule has 1 aromatic heterocycles.